The predicted octanol–water partition coefficient (Wildman–Crippen LogP) is 5.18. The van der Waals surface area contributed by atoms with Crippen LogP contribution in [0, 0.1) is 19.8 Å². The molecule has 0 spiro atoms. The lowest BCUT2D eigenvalue weighted by Crippen LogP contribution is -2.49. The maximum Gasteiger partial charge on any atom is 0.270 e. The second-order valence-electron chi connectivity index (χ2n) is 9.83. The molecule has 0 aliphatic heterocycles. The number of amides is 2. The lowest BCUT2D eigenvalue weighted by atomic mass is 9.91. The molecule has 1 atom stereocenters. The van der Waals surface area contributed by atoms with Crippen molar-refractivity contribution < 1.29 is 9.59 Å². The van der Waals surface area contributed by atoms with E-state index in [1.807, 2.05) is 52.0 Å². The molecule has 186 valence electrons. The molecule has 8 heteroatoms. The van der Waals surface area contributed by atoms with E-state index in [0.29, 0.717) is 11.4 Å². The number of carbonyl (C=O) groups excluding carboxylic acids is 2. The van der Waals surface area contributed by atoms with Crippen LogP contribution < -0.4 is 10.6 Å². The van der Waals surface area contributed by atoms with Gasteiger partial charge in [-0.2, -0.15) is 10.2 Å². The molecule has 1 aliphatic rings. The number of H-pyrrole nitrogens is 1. The third kappa shape index (κ3) is 5.63. The van der Waals surface area contributed by atoms with Gasteiger partial charge in [0.15, 0.2) is 0 Å². The molecule has 8 nitrogen and oxygen atoms in total. The Morgan fingerprint density at radius 1 is 1.03 bits per heavy atom. The number of aryl methyl sites for hydroxylation is 2. The minimum absolute atomic E-state index is 0.0527. The van der Waals surface area contributed by atoms with Crippen LogP contribution in [0.25, 0.3) is 11.1 Å². The van der Waals surface area contributed by atoms with Gasteiger partial charge in [0.05, 0.1) is 5.69 Å². The highest BCUT2D eigenvalue weighted by atomic mass is 16.2. The van der Waals surface area contributed by atoms with E-state index in [-0.39, 0.29) is 23.8 Å². The van der Waals surface area contributed by atoms with E-state index in [0.717, 1.165) is 48.2 Å². The van der Waals surface area contributed by atoms with Gasteiger partial charge in [-0.25, -0.2) is 0 Å². The van der Waals surface area contributed by atoms with Crippen molar-refractivity contribution in [3.8, 4) is 11.1 Å². The van der Waals surface area contributed by atoms with Gasteiger partial charge in [-0.3, -0.25) is 19.4 Å². The zero-order chi connectivity index (χ0) is 24.9. The number of benzene rings is 1. The van der Waals surface area contributed by atoms with Crippen molar-refractivity contribution in [3.63, 3.8) is 0 Å². The van der Waals surface area contributed by atoms with Crippen LogP contribution in [0.2, 0.25) is 0 Å². The highest BCUT2D eigenvalue weighted by molar-refractivity contribution is 6.00. The fourth-order valence-electron chi connectivity index (χ4n) is 5.08. The number of hydrogen-bond donors (Lipinski definition) is 3. The Hall–Kier alpha value is -3.42. The quantitative estimate of drug-likeness (QED) is 0.409. The first-order chi connectivity index (χ1) is 16.8. The van der Waals surface area contributed by atoms with Crippen molar-refractivity contribution in [2.75, 3.05) is 5.32 Å². The fraction of sp³-hybridized carbons (Fsp3) is 0.481. The number of aromatic nitrogens is 4. The largest absolute Gasteiger partial charge is 0.339 e. The standard InChI is InChI=1S/C27H36N6O2/c1-17(2)33-23(15-16-28-33)26(34)30-25(21-9-7-5-6-8-10-21)27(35)29-22-13-11-20(12-14-22)24-18(3)31-32-19(24)4/h11-17,21,25H,5-10H2,1-4H3,(H,29,35)(H,30,34)(H,31,32)/t25-/m0/s1. The van der Waals surface area contributed by atoms with E-state index in [4.69, 9.17) is 0 Å². The molecule has 2 heterocycles. The zero-order valence-electron chi connectivity index (χ0n) is 21.1. The Bertz CT molecular complexity index is 1130. The summed E-state index contributed by atoms with van der Waals surface area (Å²) in [6, 6.07) is 8.93. The number of hydrogen-bond acceptors (Lipinski definition) is 4. The maximum atomic E-state index is 13.5. The Balaban J connectivity index is 1.53. The second kappa shape index (κ2) is 10.9. The van der Waals surface area contributed by atoms with Gasteiger partial charge in [-0.05, 0) is 70.2 Å². The second-order valence-corrected chi connectivity index (χ2v) is 9.83. The molecule has 35 heavy (non-hydrogen) atoms. The molecule has 1 fully saturated rings. The first-order valence-electron chi connectivity index (χ1n) is 12.6. The predicted molar refractivity (Wildman–Crippen MR) is 137 cm³/mol. The molecule has 2 amide bonds. The van der Waals surface area contributed by atoms with Gasteiger partial charge in [-0.15, -0.1) is 0 Å². The molecule has 0 bridgehead atoms. The third-order valence-corrected chi connectivity index (χ3v) is 6.90. The van der Waals surface area contributed by atoms with Crippen molar-refractivity contribution in [1.82, 2.24) is 25.3 Å². The van der Waals surface area contributed by atoms with E-state index < -0.39 is 6.04 Å². The van der Waals surface area contributed by atoms with E-state index in [1.54, 1.807) is 16.9 Å². The zero-order valence-corrected chi connectivity index (χ0v) is 21.1. The number of rotatable bonds is 7. The molecule has 0 unspecified atom stereocenters. The number of nitrogens with zero attached hydrogens (tertiary/aromatic N) is 3. The van der Waals surface area contributed by atoms with Crippen LogP contribution in [0.5, 0.6) is 0 Å². The summed E-state index contributed by atoms with van der Waals surface area (Å²) in [5.41, 5.74) is 5.25. The first-order valence-corrected chi connectivity index (χ1v) is 12.6. The number of aromatic amines is 1. The molecule has 4 rings (SSSR count). The summed E-state index contributed by atoms with van der Waals surface area (Å²) in [4.78, 5) is 26.7. The van der Waals surface area contributed by atoms with E-state index in [9.17, 15) is 9.59 Å². The van der Waals surface area contributed by atoms with Crippen molar-refractivity contribution in [1.29, 1.82) is 0 Å². The molecule has 0 radical (unpaired) electrons. The number of nitrogens with one attached hydrogen (secondary N) is 3. The Labute approximate surface area is 206 Å². The van der Waals surface area contributed by atoms with Gasteiger partial charge >= 0.3 is 0 Å². The van der Waals surface area contributed by atoms with Gasteiger partial charge in [-0.1, -0.05) is 37.8 Å². The number of carbonyl (C=O) groups is 2. The van der Waals surface area contributed by atoms with Gasteiger partial charge in [0.2, 0.25) is 5.91 Å². The SMILES string of the molecule is Cc1n[nH]c(C)c1-c1ccc(NC(=O)[C@@H](NC(=O)c2ccnn2C(C)C)C2CCCCCC2)cc1. The van der Waals surface area contributed by atoms with Crippen LogP contribution in [0.4, 0.5) is 5.69 Å². The Morgan fingerprint density at radius 2 is 1.71 bits per heavy atom. The average Bonchev–Trinajstić information content (AvgIpc) is 3.36. The van der Waals surface area contributed by atoms with Crippen LogP contribution in [0.3, 0.4) is 0 Å². The topological polar surface area (TPSA) is 105 Å². The molecule has 3 N–H and O–H groups in total. The summed E-state index contributed by atoms with van der Waals surface area (Å²) in [7, 11) is 0. The lowest BCUT2D eigenvalue weighted by Gasteiger charge is -2.26. The summed E-state index contributed by atoms with van der Waals surface area (Å²) in [5, 5.41) is 17.7. The maximum absolute atomic E-state index is 13.5. The Kier molecular flexibility index (Phi) is 7.68. The molecule has 3 aromatic rings. The first kappa shape index (κ1) is 24.7. The van der Waals surface area contributed by atoms with Gasteiger partial charge in [0.1, 0.15) is 11.7 Å². The van der Waals surface area contributed by atoms with Crippen LogP contribution in [0.1, 0.15) is 80.3 Å². The molecule has 1 aromatic carbocycles. The van der Waals surface area contributed by atoms with E-state index >= 15 is 0 Å². The molecular formula is C27H36N6O2. The monoisotopic (exact) mass is 476 g/mol. The third-order valence-electron chi connectivity index (χ3n) is 6.90. The van der Waals surface area contributed by atoms with E-state index in [1.165, 1.54) is 12.8 Å². The van der Waals surface area contributed by atoms with Crippen molar-refractivity contribution in [2.24, 2.45) is 5.92 Å². The summed E-state index contributed by atoms with van der Waals surface area (Å²) in [6.45, 7) is 7.93. The summed E-state index contributed by atoms with van der Waals surface area (Å²) in [6.07, 6.45) is 7.99. The highest BCUT2D eigenvalue weighted by Gasteiger charge is 2.31. The molecule has 1 saturated carbocycles. The van der Waals surface area contributed by atoms with Crippen molar-refractivity contribution in [3.05, 3.63) is 53.6 Å². The van der Waals surface area contributed by atoms with Crippen LogP contribution in [-0.4, -0.2) is 37.8 Å². The molecule has 0 saturated heterocycles. The molecular weight excluding hydrogens is 440 g/mol. The highest BCUT2D eigenvalue weighted by Crippen LogP contribution is 2.28. The van der Waals surface area contributed by atoms with Crippen molar-refractivity contribution >= 4 is 17.5 Å². The van der Waals surface area contributed by atoms with Crippen LogP contribution >= 0.6 is 0 Å². The Morgan fingerprint density at radius 3 is 2.31 bits per heavy atom. The molecule has 1 aliphatic carbocycles. The number of anilines is 1. The van der Waals surface area contributed by atoms with Gasteiger partial charge in [0, 0.05) is 29.2 Å². The summed E-state index contributed by atoms with van der Waals surface area (Å²) >= 11 is 0. The summed E-state index contributed by atoms with van der Waals surface area (Å²) < 4.78 is 1.69. The van der Waals surface area contributed by atoms with Crippen LogP contribution in [0.15, 0.2) is 36.5 Å². The summed E-state index contributed by atoms with van der Waals surface area (Å²) in [5.74, 6) is -0.335. The minimum Gasteiger partial charge on any atom is -0.339 e. The normalized spacial score (nSPS) is 15.6. The lowest BCUT2D eigenvalue weighted by molar-refractivity contribution is -0.119. The fourth-order valence-corrected chi connectivity index (χ4v) is 5.08. The minimum atomic E-state index is -0.603. The van der Waals surface area contributed by atoms with Gasteiger partial charge in [0.25, 0.3) is 5.91 Å². The van der Waals surface area contributed by atoms with Gasteiger partial charge < -0.3 is 10.6 Å². The van der Waals surface area contributed by atoms with Crippen LogP contribution in [-0.2, 0) is 4.79 Å². The molecule has 2 aromatic heterocycles. The van der Waals surface area contributed by atoms with E-state index in [2.05, 4.69) is 25.9 Å². The smallest absolute Gasteiger partial charge is 0.270 e. The average molecular weight is 477 g/mol. The van der Waals surface area contributed by atoms with Crippen molar-refractivity contribution in [2.45, 2.75) is 78.3 Å².